The highest BCUT2D eigenvalue weighted by Gasteiger charge is 2.37. The zero-order valence-corrected chi connectivity index (χ0v) is 43.5. The molecule has 0 bridgehead atoms. The molecule has 1 aliphatic heterocycles. The third kappa shape index (κ3) is 18.1. The Labute approximate surface area is 442 Å². The number of H-pyrrole nitrogens is 1. The smallest absolute Gasteiger partial charge is 0.245 e. The van der Waals surface area contributed by atoms with Crippen molar-refractivity contribution in [3.63, 3.8) is 0 Å². The maximum atomic E-state index is 14.8. The molecule has 1 aromatic heterocycles. The fraction of sp³-hybridized carbons (Fsp3) is 0.431. The molecule has 5 rings (SSSR count). The van der Waals surface area contributed by atoms with Crippen LogP contribution < -0.4 is 54.0 Å². The number of carbonyl (C=O) groups excluding carboxylic acids is 9. The fourth-order valence-electron chi connectivity index (χ4n) is 8.15. The van der Waals surface area contributed by atoms with Gasteiger partial charge in [-0.2, -0.15) is 0 Å². The minimum atomic E-state index is -1.73. The summed E-state index contributed by atoms with van der Waals surface area (Å²) in [6, 6.07) is 13.2. The Kier molecular flexibility index (Phi) is 22.9. The van der Waals surface area contributed by atoms with E-state index in [4.69, 9.17) is 11.5 Å². The SMILES string of the molecule is CC(=O)N[C@@H](Cc1ccccc1)C(=O)N[C@H]1CSSCC(C(=O)N[C@H](C(N)=O)[C@@H](C)O)NC(=O)C([C@@H](C)O)NC(=O)[C@H](CCCCN)NC(=O)[C@@H](Cc2c[nH]c3ccccc23)NC(=O)C(Cc2ccccc2)NC1=O. The van der Waals surface area contributed by atoms with E-state index in [1.807, 2.05) is 18.2 Å². The summed E-state index contributed by atoms with van der Waals surface area (Å²) in [6.45, 7) is 3.91. The maximum Gasteiger partial charge on any atom is 0.245 e. The molecule has 22 nitrogen and oxygen atoms in total. The Morgan fingerprint density at radius 3 is 1.91 bits per heavy atom. The fourth-order valence-corrected chi connectivity index (χ4v) is 10.5. The van der Waals surface area contributed by atoms with E-state index < -0.39 is 114 Å². The van der Waals surface area contributed by atoms with Gasteiger partial charge in [-0.1, -0.05) is 100 Å². The Balaban J connectivity index is 1.60. The Hall–Kier alpha value is -6.99. The second-order valence-electron chi connectivity index (χ2n) is 18.2. The number of para-hydroxylation sites is 1. The van der Waals surface area contributed by atoms with Crippen LogP contribution in [-0.2, 0) is 62.4 Å². The van der Waals surface area contributed by atoms with E-state index in [-0.39, 0.29) is 43.7 Å². The Morgan fingerprint density at radius 1 is 0.693 bits per heavy atom. The van der Waals surface area contributed by atoms with Crippen LogP contribution >= 0.6 is 21.6 Å². The second kappa shape index (κ2) is 29.2. The summed E-state index contributed by atoms with van der Waals surface area (Å²) in [5.41, 5.74) is 13.9. The van der Waals surface area contributed by atoms with Gasteiger partial charge in [-0.25, -0.2) is 0 Å². The van der Waals surface area contributed by atoms with Crippen molar-refractivity contribution >= 4 is 85.7 Å². The van der Waals surface area contributed by atoms with Gasteiger partial charge in [0.25, 0.3) is 0 Å². The number of unbranched alkanes of at least 4 members (excludes halogenated alkanes) is 1. The van der Waals surface area contributed by atoms with Crippen molar-refractivity contribution in [2.75, 3.05) is 18.1 Å². The molecule has 15 N–H and O–H groups in total. The van der Waals surface area contributed by atoms with Gasteiger partial charge in [0.1, 0.15) is 48.3 Å². The summed E-state index contributed by atoms with van der Waals surface area (Å²) >= 11 is 0. The Bertz CT molecular complexity index is 2610. The molecular weight excluding hydrogens is 1010 g/mol. The number of carbonyl (C=O) groups is 9. The number of amides is 9. The monoisotopic (exact) mass is 1070 g/mol. The zero-order chi connectivity index (χ0) is 54.6. The summed E-state index contributed by atoms with van der Waals surface area (Å²) < 4.78 is 0. The first-order valence-electron chi connectivity index (χ1n) is 24.5. The third-order valence-electron chi connectivity index (χ3n) is 12.2. The van der Waals surface area contributed by atoms with Crippen molar-refractivity contribution in [1.82, 2.24) is 47.5 Å². The molecule has 404 valence electrons. The van der Waals surface area contributed by atoms with Crippen LogP contribution in [0.2, 0.25) is 0 Å². The average Bonchev–Trinajstić information content (AvgIpc) is 3.78. The minimum absolute atomic E-state index is 0.00262. The van der Waals surface area contributed by atoms with Gasteiger partial charge in [-0.3, -0.25) is 43.2 Å². The predicted molar refractivity (Wildman–Crippen MR) is 284 cm³/mol. The molecule has 9 amide bonds. The van der Waals surface area contributed by atoms with Crippen LogP contribution in [0.15, 0.2) is 91.1 Å². The van der Waals surface area contributed by atoms with E-state index in [1.165, 1.54) is 20.8 Å². The first-order chi connectivity index (χ1) is 35.8. The third-order valence-corrected chi connectivity index (χ3v) is 14.6. The molecule has 1 aliphatic rings. The van der Waals surface area contributed by atoms with E-state index in [1.54, 1.807) is 72.9 Å². The molecule has 1 fully saturated rings. The number of hydrogen-bond donors (Lipinski definition) is 13. The summed E-state index contributed by atoms with van der Waals surface area (Å²) in [4.78, 5) is 129. The highest BCUT2D eigenvalue weighted by atomic mass is 33.1. The van der Waals surface area contributed by atoms with Crippen LogP contribution in [0.5, 0.6) is 0 Å². The molecule has 10 atom stereocenters. The van der Waals surface area contributed by atoms with E-state index in [2.05, 4.69) is 47.5 Å². The molecule has 3 unspecified atom stereocenters. The van der Waals surface area contributed by atoms with Gasteiger partial charge >= 0.3 is 0 Å². The van der Waals surface area contributed by atoms with Gasteiger partial charge in [-0.15, -0.1) is 0 Å². The van der Waals surface area contributed by atoms with Crippen LogP contribution in [0.1, 0.15) is 56.7 Å². The van der Waals surface area contributed by atoms with Crippen molar-refractivity contribution in [3.05, 3.63) is 108 Å². The van der Waals surface area contributed by atoms with E-state index in [9.17, 15) is 53.4 Å². The van der Waals surface area contributed by atoms with Crippen LogP contribution in [0.4, 0.5) is 0 Å². The molecule has 0 saturated carbocycles. The van der Waals surface area contributed by atoms with E-state index in [0.29, 0.717) is 29.5 Å². The number of aromatic amines is 1. The molecule has 2 heterocycles. The predicted octanol–water partition coefficient (Wildman–Crippen LogP) is -1.14. The van der Waals surface area contributed by atoms with Gasteiger partial charge in [0.15, 0.2) is 0 Å². The van der Waals surface area contributed by atoms with Gasteiger partial charge < -0.3 is 69.2 Å². The molecule has 1 saturated heterocycles. The van der Waals surface area contributed by atoms with Gasteiger partial charge in [-0.05, 0) is 62.4 Å². The number of nitrogens with one attached hydrogen (secondary N) is 9. The average molecular weight is 1070 g/mol. The Morgan fingerprint density at radius 2 is 1.28 bits per heavy atom. The lowest BCUT2D eigenvalue weighted by atomic mass is 10.0. The number of primary amides is 1. The number of aliphatic hydroxyl groups excluding tert-OH is 2. The number of benzene rings is 3. The lowest BCUT2D eigenvalue weighted by Gasteiger charge is -2.29. The normalized spacial score (nSPS) is 22.1. The highest BCUT2D eigenvalue weighted by molar-refractivity contribution is 8.76. The molecule has 24 heteroatoms. The van der Waals surface area contributed by atoms with Crippen molar-refractivity contribution in [1.29, 1.82) is 0 Å². The van der Waals surface area contributed by atoms with Crippen LogP contribution in [0, 0.1) is 0 Å². The summed E-state index contributed by atoms with van der Waals surface area (Å²) in [6.07, 6.45) is -0.782. The molecule has 3 aromatic carbocycles. The van der Waals surface area contributed by atoms with Crippen molar-refractivity contribution in [2.24, 2.45) is 11.5 Å². The number of hydrogen-bond acceptors (Lipinski definition) is 14. The molecule has 0 aliphatic carbocycles. The lowest BCUT2D eigenvalue weighted by molar-refractivity contribution is -0.137. The topological polar surface area (TPSA) is 358 Å². The standard InChI is InChI=1S/C51H67N11O11S2/c1-28(63)42(44(53)66)61-50(72)41-27-75-74-26-40(59-46(68)37(55-30(3)65)22-31-14-6-4-7-15-31)49(71)57-38(23-32-16-8-5-9-17-32)47(69)58-39(24-33-25-54-35-19-11-10-18-34(33)35)48(70)56-36(20-12-13-21-52)45(67)62-43(29(2)64)51(73)60-41/h4-11,14-19,25,28-29,36-43,54,63-64H,12-13,20-24,26-27,52H2,1-3H3,(H2,53,66)(H,55,65)(H,56,70)(H,57,71)(H,58,69)(H,59,68)(H,60,73)(H,61,72)(H,62,67)/t28-,29-,36+,37+,38?,39-,40+,41?,42+,43?/m1/s1. The molecule has 4 aromatic rings. The van der Waals surface area contributed by atoms with Crippen molar-refractivity contribution in [3.8, 4) is 0 Å². The van der Waals surface area contributed by atoms with Crippen LogP contribution in [0.3, 0.4) is 0 Å². The minimum Gasteiger partial charge on any atom is -0.391 e. The molecular formula is C51H67N11O11S2. The lowest BCUT2D eigenvalue weighted by Crippen LogP contribution is -2.62. The number of nitrogens with two attached hydrogens (primary N) is 2. The number of rotatable bonds is 18. The quantitative estimate of drug-likeness (QED) is 0.0414. The second-order valence-corrected chi connectivity index (χ2v) is 20.8. The number of aliphatic hydroxyl groups is 2. The number of fused-ring (bicyclic) bond motifs is 1. The largest absolute Gasteiger partial charge is 0.391 e. The molecule has 0 radical (unpaired) electrons. The van der Waals surface area contributed by atoms with Gasteiger partial charge in [0.2, 0.25) is 53.2 Å². The van der Waals surface area contributed by atoms with Crippen LogP contribution in [0.25, 0.3) is 10.9 Å². The highest BCUT2D eigenvalue weighted by Crippen LogP contribution is 2.24. The van der Waals surface area contributed by atoms with Crippen molar-refractivity contribution in [2.45, 2.75) is 120 Å². The van der Waals surface area contributed by atoms with Crippen molar-refractivity contribution < 1.29 is 53.4 Å². The van der Waals surface area contributed by atoms with Gasteiger partial charge in [0.05, 0.1) is 12.2 Å². The maximum absolute atomic E-state index is 14.8. The van der Waals surface area contributed by atoms with E-state index in [0.717, 1.165) is 32.5 Å². The summed E-state index contributed by atoms with van der Waals surface area (Å²) in [7, 11) is 1.90. The molecule has 75 heavy (non-hydrogen) atoms. The van der Waals surface area contributed by atoms with Gasteiger partial charge in [0, 0.05) is 54.8 Å². The van der Waals surface area contributed by atoms with Crippen LogP contribution in [-0.4, -0.2) is 147 Å². The summed E-state index contributed by atoms with van der Waals surface area (Å²) in [5.74, 6) is -8.34. The van der Waals surface area contributed by atoms with E-state index >= 15 is 0 Å². The summed E-state index contributed by atoms with van der Waals surface area (Å²) in [5, 5.41) is 43.0. The zero-order valence-electron chi connectivity index (χ0n) is 41.8. The number of aromatic nitrogens is 1. The first-order valence-corrected chi connectivity index (χ1v) is 27.0. The first kappa shape index (κ1) is 58.9. The molecule has 0 spiro atoms.